The molecular weight excluding hydrogens is 226 g/mol. The number of carbonyl (C=O) groups is 1. The van der Waals surface area contributed by atoms with Crippen molar-refractivity contribution >= 4 is 5.91 Å². The maximum Gasteiger partial charge on any atom is 0.227 e. The molecule has 104 valence electrons. The summed E-state index contributed by atoms with van der Waals surface area (Å²) in [4.78, 5) is 14.8. The summed E-state index contributed by atoms with van der Waals surface area (Å²) in [6, 6.07) is 0. The molecule has 0 aliphatic carbocycles. The Morgan fingerprint density at radius 1 is 1.39 bits per heavy atom. The van der Waals surface area contributed by atoms with Gasteiger partial charge in [-0.15, -0.1) is 0 Å². The van der Waals surface area contributed by atoms with Gasteiger partial charge in [0.1, 0.15) is 0 Å². The predicted octanol–water partition coefficient (Wildman–Crippen LogP) is 0.978. The maximum absolute atomic E-state index is 12.4. The summed E-state index contributed by atoms with van der Waals surface area (Å²) in [5.41, 5.74) is -0.125. The van der Waals surface area contributed by atoms with E-state index in [4.69, 9.17) is 0 Å². The van der Waals surface area contributed by atoms with Gasteiger partial charge in [0, 0.05) is 19.6 Å². The van der Waals surface area contributed by atoms with Gasteiger partial charge in [-0.1, -0.05) is 13.3 Å². The van der Waals surface area contributed by atoms with Crippen LogP contribution in [0.3, 0.4) is 0 Å². The standard InChI is InChI=1S/C14H27N3O/c1-2-5-14(6-7-15-12-14)13(18)16-8-11-17-9-3-4-10-17/h15H,2-12H2,1H3,(H,16,18). The van der Waals surface area contributed by atoms with Gasteiger partial charge < -0.3 is 15.5 Å². The molecule has 4 heteroatoms. The fraction of sp³-hybridized carbons (Fsp3) is 0.929. The zero-order chi connectivity index (χ0) is 12.8. The second kappa shape index (κ2) is 6.53. The van der Waals surface area contributed by atoms with Gasteiger partial charge in [-0.25, -0.2) is 0 Å². The normalized spacial score (nSPS) is 28.7. The third-order valence-corrected chi connectivity index (χ3v) is 4.37. The van der Waals surface area contributed by atoms with Crippen LogP contribution in [0.5, 0.6) is 0 Å². The van der Waals surface area contributed by atoms with E-state index in [9.17, 15) is 4.79 Å². The summed E-state index contributed by atoms with van der Waals surface area (Å²) in [7, 11) is 0. The van der Waals surface area contributed by atoms with Crippen molar-refractivity contribution in [3.05, 3.63) is 0 Å². The summed E-state index contributed by atoms with van der Waals surface area (Å²) < 4.78 is 0. The molecule has 0 saturated carbocycles. The zero-order valence-corrected chi connectivity index (χ0v) is 11.6. The van der Waals surface area contributed by atoms with Crippen LogP contribution in [0.25, 0.3) is 0 Å². The number of rotatable bonds is 6. The van der Waals surface area contributed by atoms with E-state index >= 15 is 0 Å². The molecule has 1 amide bonds. The number of amides is 1. The van der Waals surface area contributed by atoms with Crippen LogP contribution in [-0.2, 0) is 4.79 Å². The molecule has 2 aliphatic heterocycles. The van der Waals surface area contributed by atoms with Gasteiger partial charge in [0.2, 0.25) is 5.91 Å². The highest BCUT2D eigenvalue weighted by molar-refractivity contribution is 5.83. The van der Waals surface area contributed by atoms with Gasteiger partial charge in [0.05, 0.1) is 5.41 Å². The highest BCUT2D eigenvalue weighted by Crippen LogP contribution is 2.31. The summed E-state index contributed by atoms with van der Waals surface area (Å²) in [6.07, 6.45) is 5.72. The Hall–Kier alpha value is -0.610. The lowest BCUT2D eigenvalue weighted by atomic mass is 9.81. The second-order valence-electron chi connectivity index (χ2n) is 5.76. The van der Waals surface area contributed by atoms with E-state index in [1.807, 2.05) is 0 Å². The van der Waals surface area contributed by atoms with Crippen LogP contribution in [0.1, 0.15) is 39.0 Å². The van der Waals surface area contributed by atoms with Crippen LogP contribution >= 0.6 is 0 Å². The van der Waals surface area contributed by atoms with Crippen LogP contribution < -0.4 is 10.6 Å². The quantitative estimate of drug-likeness (QED) is 0.741. The first kappa shape index (κ1) is 13.8. The van der Waals surface area contributed by atoms with E-state index < -0.39 is 0 Å². The van der Waals surface area contributed by atoms with E-state index in [-0.39, 0.29) is 11.3 Å². The van der Waals surface area contributed by atoms with Crippen LogP contribution in [0.2, 0.25) is 0 Å². The largest absolute Gasteiger partial charge is 0.354 e. The first-order chi connectivity index (χ1) is 8.77. The van der Waals surface area contributed by atoms with E-state index in [0.29, 0.717) is 0 Å². The third kappa shape index (κ3) is 3.23. The highest BCUT2D eigenvalue weighted by Gasteiger charge is 2.39. The number of nitrogens with one attached hydrogen (secondary N) is 2. The molecule has 2 N–H and O–H groups in total. The van der Waals surface area contributed by atoms with Gasteiger partial charge >= 0.3 is 0 Å². The average Bonchev–Trinajstić information content (AvgIpc) is 3.01. The molecule has 2 heterocycles. The smallest absolute Gasteiger partial charge is 0.227 e. The van der Waals surface area contributed by atoms with Crippen molar-refractivity contribution in [2.75, 3.05) is 39.3 Å². The molecule has 0 aromatic rings. The van der Waals surface area contributed by atoms with Crippen LogP contribution in [-0.4, -0.2) is 50.1 Å². The van der Waals surface area contributed by atoms with Crippen molar-refractivity contribution in [1.82, 2.24) is 15.5 Å². The fourth-order valence-corrected chi connectivity index (χ4v) is 3.26. The first-order valence-electron chi connectivity index (χ1n) is 7.48. The Kier molecular flexibility index (Phi) is 5.01. The summed E-state index contributed by atoms with van der Waals surface area (Å²) >= 11 is 0. The molecular formula is C14H27N3O. The molecule has 0 spiro atoms. The van der Waals surface area contributed by atoms with Crippen molar-refractivity contribution in [3.8, 4) is 0 Å². The van der Waals surface area contributed by atoms with Crippen molar-refractivity contribution < 1.29 is 4.79 Å². The van der Waals surface area contributed by atoms with Gasteiger partial charge in [-0.3, -0.25) is 4.79 Å². The minimum atomic E-state index is -0.125. The molecule has 0 aromatic heterocycles. The summed E-state index contributed by atoms with van der Waals surface area (Å²) in [6.45, 7) is 8.24. The van der Waals surface area contributed by atoms with Crippen LogP contribution in [0.15, 0.2) is 0 Å². The number of carbonyl (C=O) groups excluding carboxylic acids is 1. The maximum atomic E-state index is 12.4. The molecule has 0 bridgehead atoms. The first-order valence-corrected chi connectivity index (χ1v) is 7.48. The molecule has 18 heavy (non-hydrogen) atoms. The van der Waals surface area contributed by atoms with Gasteiger partial charge in [-0.05, 0) is 45.3 Å². The Morgan fingerprint density at radius 2 is 2.17 bits per heavy atom. The van der Waals surface area contributed by atoms with Crippen molar-refractivity contribution in [2.45, 2.75) is 39.0 Å². The van der Waals surface area contributed by atoms with Crippen LogP contribution in [0, 0.1) is 5.41 Å². The lowest BCUT2D eigenvalue weighted by Gasteiger charge is -2.27. The molecule has 0 radical (unpaired) electrons. The summed E-state index contributed by atoms with van der Waals surface area (Å²) in [5, 5.41) is 6.50. The van der Waals surface area contributed by atoms with Crippen molar-refractivity contribution in [2.24, 2.45) is 5.41 Å². The lowest BCUT2D eigenvalue weighted by molar-refractivity contribution is -0.130. The molecule has 2 rings (SSSR count). The third-order valence-electron chi connectivity index (χ3n) is 4.37. The average molecular weight is 253 g/mol. The number of hydrogen-bond acceptors (Lipinski definition) is 3. The minimum Gasteiger partial charge on any atom is -0.354 e. The molecule has 0 aromatic carbocycles. The Bertz CT molecular complexity index is 268. The molecule has 2 saturated heterocycles. The lowest BCUT2D eigenvalue weighted by Crippen LogP contribution is -2.44. The second-order valence-corrected chi connectivity index (χ2v) is 5.76. The van der Waals surface area contributed by atoms with E-state index in [0.717, 1.165) is 45.4 Å². The number of hydrogen-bond donors (Lipinski definition) is 2. The monoisotopic (exact) mass is 253 g/mol. The van der Waals surface area contributed by atoms with Crippen molar-refractivity contribution in [1.29, 1.82) is 0 Å². The molecule has 1 atom stereocenters. The molecule has 2 aliphatic rings. The Labute approximate surface area is 110 Å². The van der Waals surface area contributed by atoms with Crippen molar-refractivity contribution in [3.63, 3.8) is 0 Å². The van der Waals surface area contributed by atoms with E-state index in [1.54, 1.807) is 0 Å². The number of likely N-dealkylation sites (tertiary alicyclic amines) is 1. The molecule has 1 unspecified atom stereocenters. The van der Waals surface area contributed by atoms with Gasteiger partial charge in [0.25, 0.3) is 0 Å². The van der Waals surface area contributed by atoms with Crippen LogP contribution in [0.4, 0.5) is 0 Å². The Morgan fingerprint density at radius 3 is 2.78 bits per heavy atom. The van der Waals surface area contributed by atoms with Gasteiger partial charge in [0.15, 0.2) is 0 Å². The highest BCUT2D eigenvalue weighted by atomic mass is 16.2. The summed E-state index contributed by atoms with van der Waals surface area (Å²) in [5.74, 6) is 0.272. The molecule has 2 fully saturated rings. The van der Waals surface area contributed by atoms with E-state index in [1.165, 1.54) is 25.9 Å². The predicted molar refractivity (Wildman–Crippen MR) is 73.5 cm³/mol. The van der Waals surface area contributed by atoms with E-state index in [2.05, 4.69) is 22.5 Å². The Balaban J connectivity index is 1.74. The topological polar surface area (TPSA) is 44.4 Å². The SMILES string of the molecule is CCCC1(C(=O)NCCN2CCCC2)CCNC1. The van der Waals surface area contributed by atoms with Gasteiger partial charge in [-0.2, -0.15) is 0 Å². The molecule has 4 nitrogen and oxygen atoms in total. The minimum absolute atomic E-state index is 0.125. The number of nitrogens with zero attached hydrogens (tertiary/aromatic N) is 1. The fourth-order valence-electron chi connectivity index (χ4n) is 3.26. The zero-order valence-electron chi connectivity index (χ0n) is 11.6.